The summed E-state index contributed by atoms with van der Waals surface area (Å²) in [7, 11) is 0. The van der Waals surface area contributed by atoms with E-state index in [1.807, 2.05) is 20.8 Å². The first kappa shape index (κ1) is 25.6. The predicted octanol–water partition coefficient (Wildman–Crippen LogP) is 7.77. The van der Waals surface area contributed by atoms with Crippen LogP contribution in [0.4, 0.5) is 0 Å². The van der Waals surface area contributed by atoms with Gasteiger partial charge < -0.3 is 0 Å². The highest BCUT2D eigenvalue weighted by molar-refractivity contribution is 5.78. The van der Waals surface area contributed by atoms with E-state index in [2.05, 4.69) is 67.7 Å². The van der Waals surface area contributed by atoms with Crippen molar-refractivity contribution in [2.45, 2.75) is 79.6 Å². The lowest BCUT2D eigenvalue weighted by Gasteiger charge is -2.08. The number of carbonyl (C=O) groups excluding carboxylic acids is 1. The van der Waals surface area contributed by atoms with Crippen molar-refractivity contribution in [1.29, 1.82) is 0 Å². The average Bonchev–Trinajstić information content (AvgIpc) is 2.63. The molecule has 142 valence electrons. The summed E-state index contributed by atoms with van der Waals surface area (Å²) < 4.78 is 0. The lowest BCUT2D eigenvalue weighted by molar-refractivity contribution is -0.120. The lowest BCUT2D eigenvalue weighted by atomic mass is 9.96. The fourth-order valence-electron chi connectivity index (χ4n) is 2.23. The number of ketones is 1. The van der Waals surface area contributed by atoms with Crippen molar-refractivity contribution in [1.82, 2.24) is 0 Å². The topological polar surface area (TPSA) is 17.1 Å². The van der Waals surface area contributed by atoms with Crippen LogP contribution in [0.2, 0.25) is 0 Å². The maximum Gasteiger partial charge on any atom is 0.132 e. The van der Waals surface area contributed by atoms with Crippen molar-refractivity contribution in [2.24, 2.45) is 5.92 Å². The lowest BCUT2D eigenvalue weighted by Crippen LogP contribution is -2.08. The van der Waals surface area contributed by atoms with Gasteiger partial charge in [-0.05, 0) is 58.8 Å². The summed E-state index contributed by atoms with van der Waals surface area (Å²) in [5.41, 5.74) is 0. The molecular weight excluding hydrogens is 304 g/mol. The van der Waals surface area contributed by atoms with Gasteiger partial charge in [-0.25, -0.2) is 0 Å². The minimum Gasteiger partial charge on any atom is -0.300 e. The first-order chi connectivity index (χ1) is 12.2. The summed E-state index contributed by atoms with van der Waals surface area (Å²) in [6.45, 7) is 9.83. The molecule has 0 amide bonds. The third-order valence-corrected chi connectivity index (χ3v) is 3.74. The van der Waals surface area contributed by atoms with Crippen molar-refractivity contribution in [2.75, 3.05) is 0 Å². The Kier molecular flexibility index (Phi) is 22.9. The van der Waals surface area contributed by atoms with Crippen LogP contribution in [0.15, 0.2) is 60.8 Å². The molecule has 0 aromatic carbocycles. The van der Waals surface area contributed by atoms with E-state index >= 15 is 0 Å². The second-order valence-corrected chi connectivity index (χ2v) is 5.69. The molecule has 0 fully saturated rings. The van der Waals surface area contributed by atoms with Crippen LogP contribution in [-0.2, 0) is 4.79 Å². The molecule has 0 aliphatic rings. The van der Waals surface area contributed by atoms with E-state index in [1.165, 1.54) is 0 Å². The smallest absolute Gasteiger partial charge is 0.132 e. The standard InChI is InChI=1S/C22H34O.C2H6/c1-4-6-7-8-9-10-11-12-13-14-15-16-17-18-19-20-22(5-2)21(3)23;1-2/h4,6,8-9,11-12,14-15,17-18,22H,5,7,10,13,16,19-20H2,1-3H3;1-2H3/b6-4-,9-8-,12-11-,15-14-,18-17-;. The van der Waals surface area contributed by atoms with E-state index in [-0.39, 0.29) is 5.92 Å². The van der Waals surface area contributed by atoms with Crippen molar-refractivity contribution < 1.29 is 4.79 Å². The van der Waals surface area contributed by atoms with Crippen molar-refractivity contribution in [3.05, 3.63) is 60.8 Å². The summed E-state index contributed by atoms with van der Waals surface area (Å²) in [5.74, 6) is 0.566. The molecule has 0 bridgehead atoms. The van der Waals surface area contributed by atoms with E-state index in [0.717, 1.165) is 44.9 Å². The van der Waals surface area contributed by atoms with Crippen LogP contribution >= 0.6 is 0 Å². The third kappa shape index (κ3) is 20.3. The fourth-order valence-corrected chi connectivity index (χ4v) is 2.23. The molecule has 1 atom stereocenters. The molecular formula is C24H40O. The van der Waals surface area contributed by atoms with E-state index in [9.17, 15) is 4.79 Å². The second kappa shape index (κ2) is 22.4. The van der Waals surface area contributed by atoms with Crippen LogP contribution in [0.25, 0.3) is 0 Å². The summed E-state index contributed by atoms with van der Waals surface area (Å²) >= 11 is 0. The van der Waals surface area contributed by atoms with Crippen molar-refractivity contribution >= 4 is 5.78 Å². The molecule has 0 saturated heterocycles. The van der Waals surface area contributed by atoms with Crippen molar-refractivity contribution in [3.63, 3.8) is 0 Å². The molecule has 0 N–H and O–H groups in total. The number of hydrogen-bond donors (Lipinski definition) is 0. The number of Topliss-reactive ketones (excluding diaryl/α,β-unsaturated/α-hetero) is 1. The largest absolute Gasteiger partial charge is 0.300 e. The van der Waals surface area contributed by atoms with Gasteiger partial charge in [0.15, 0.2) is 0 Å². The van der Waals surface area contributed by atoms with Crippen LogP contribution < -0.4 is 0 Å². The molecule has 0 saturated carbocycles. The van der Waals surface area contributed by atoms with Gasteiger partial charge in [-0.15, -0.1) is 0 Å². The Morgan fingerprint density at radius 3 is 1.52 bits per heavy atom. The molecule has 0 heterocycles. The maximum atomic E-state index is 11.3. The van der Waals surface area contributed by atoms with E-state index < -0.39 is 0 Å². The van der Waals surface area contributed by atoms with Gasteiger partial charge in [0, 0.05) is 5.92 Å². The molecule has 0 spiro atoms. The number of hydrogen-bond acceptors (Lipinski definition) is 1. The van der Waals surface area contributed by atoms with Gasteiger partial charge >= 0.3 is 0 Å². The van der Waals surface area contributed by atoms with E-state index in [0.29, 0.717) is 5.78 Å². The van der Waals surface area contributed by atoms with E-state index in [1.54, 1.807) is 6.92 Å². The Hall–Kier alpha value is -1.63. The van der Waals surface area contributed by atoms with Crippen LogP contribution in [0.5, 0.6) is 0 Å². The normalized spacial score (nSPS) is 13.3. The first-order valence-corrected chi connectivity index (χ1v) is 9.93. The molecule has 0 rings (SSSR count). The third-order valence-electron chi connectivity index (χ3n) is 3.74. The van der Waals surface area contributed by atoms with Gasteiger partial charge in [0.25, 0.3) is 0 Å². The van der Waals surface area contributed by atoms with Gasteiger partial charge in [-0.3, -0.25) is 4.79 Å². The van der Waals surface area contributed by atoms with E-state index in [4.69, 9.17) is 0 Å². The molecule has 1 heteroatoms. The minimum atomic E-state index is 0.243. The Morgan fingerprint density at radius 2 is 1.16 bits per heavy atom. The van der Waals surface area contributed by atoms with Gasteiger partial charge in [0.1, 0.15) is 5.78 Å². The highest BCUT2D eigenvalue weighted by Crippen LogP contribution is 2.12. The SMILES string of the molecule is C/C=C\C/C=C\C/C=C\C/C=C\C/C=C\CCC(CC)C(C)=O.CC. The summed E-state index contributed by atoms with van der Waals surface area (Å²) in [4.78, 5) is 11.3. The number of carbonyl (C=O) groups is 1. The summed E-state index contributed by atoms with van der Waals surface area (Å²) in [6, 6.07) is 0. The average molecular weight is 345 g/mol. The fraction of sp³-hybridized carbons (Fsp3) is 0.542. The molecule has 0 aromatic rings. The highest BCUT2D eigenvalue weighted by atomic mass is 16.1. The maximum absolute atomic E-state index is 11.3. The van der Waals surface area contributed by atoms with Gasteiger partial charge in [0.05, 0.1) is 0 Å². The molecule has 0 aliphatic heterocycles. The number of allylic oxidation sites excluding steroid dienone is 10. The Morgan fingerprint density at radius 1 is 0.760 bits per heavy atom. The quantitative estimate of drug-likeness (QED) is 0.312. The summed E-state index contributed by atoms with van der Waals surface area (Å²) in [6.07, 6.45) is 28.8. The number of rotatable bonds is 13. The second-order valence-electron chi connectivity index (χ2n) is 5.69. The molecule has 1 unspecified atom stereocenters. The van der Waals surface area contributed by atoms with Crippen molar-refractivity contribution in [3.8, 4) is 0 Å². The van der Waals surface area contributed by atoms with Crippen LogP contribution in [0, 0.1) is 5.92 Å². The molecule has 0 radical (unpaired) electrons. The first-order valence-electron chi connectivity index (χ1n) is 9.93. The Labute approximate surface area is 157 Å². The van der Waals surface area contributed by atoms with Crippen LogP contribution in [-0.4, -0.2) is 5.78 Å². The van der Waals surface area contributed by atoms with Gasteiger partial charge in [0.2, 0.25) is 0 Å². The molecule has 1 nitrogen and oxygen atoms in total. The van der Waals surface area contributed by atoms with Crippen LogP contribution in [0.3, 0.4) is 0 Å². The zero-order valence-corrected chi connectivity index (χ0v) is 17.2. The molecule has 0 aromatic heterocycles. The molecule has 0 aliphatic carbocycles. The predicted molar refractivity (Wildman–Crippen MR) is 115 cm³/mol. The highest BCUT2D eigenvalue weighted by Gasteiger charge is 2.09. The Bertz CT molecular complexity index is 421. The zero-order valence-electron chi connectivity index (χ0n) is 17.2. The Balaban J connectivity index is 0. The molecule has 25 heavy (non-hydrogen) atoms. The zero-order chi connectivity index (χ0) is 19.2. The van der Waals surface area contributed by atoms with Gasteiger partial charge in [-0.2, -0.15) is 0 Å². The monoisotopic (exact) mass is 344 g/mol. The van der Waals surface area contributed by atoms with Crippen LogP contribution in [0.1, 0.15) is 79.6 Å². The summed E-state index contributed by atoms with van der Waals surface area (Å²) in [5, 5.41) is 0. The van der Waals surface area contributed by atoms with Gasteiger partial charge in [-0.1, -0.05) is 81.5 Å². The minimum absolute atomic E-state index is 0.243.